The van der Waals surface area contributed by atoms with Crippen LogP contribution in [0.2, 0.25) is 0 Å². The summed E-state index contributed by atoms with van der Waals surface area (Å²) in [5.74, 6) is 0.976. The number of hydrogen-bond donors (Lipinski definition) is 1. The lowest BCUT2D eigenvalue weighted by atomic mass is 10.1. The normalized spacial score (nSPS) is 10.4. The summed E-state index contributed by atoms with van der Waals surface area (Å²) in [7, 11) is 0. The van der Waals surface area contributed by atoms with Crippen molar-refractivity contribution in [3.8, 4) is 11.5 Å². The molecule has 4 nitrogen and oxygen atoms in total. The maximum Gasteiger partial charge on any atom is 0.255 e. The van der Waals surface area contributed by atoms with Gasteiger partial charge >= 0.3 is 0 Å². The van der Waals surface area contributed by atoms with Crippen LogP contribution in [0, 0.1) is 13.8 Å². The van der Waals surface area contributed by atoms with Gasteiger partial charge in [0.15, 0.2) is 11.5 Å². The molecule has 0 aliphatic heterocycles. The number of anilines is 1. The van der Waals surface area contributed by atoms with E-state index in [1.54, 1.807) is 12.1 Å². The van der Waals surface area contributed by atoms with E-state index in [2.05, 4.69) is 21.2 Å². The van der Waals surface area contributed by atoms with Crippen LogP contribution in [0.4, 0.5) is 5.69 Å². The fraction of sp³-hybridized carbons (Fsp3) is 0.316. The van der Waals surface area contributed by atoms with E-state index in [0.717, 1.165) is 11.3 Å². The van der Waals surface area contributed by atoms with Crippen LogP contribution in [-0.4, -0.2) is 19.1 Å². The van der Waals surface area contributed by atoms with E-state index < -0.39 is 0 Å². The molecule has 1 amide bonds. The minimum Gasteiger partial charge on any atom is -0.490 e. The van der Waals surface area contributed by atoms with Gasteiger partial charge in [0.1, 0.15) is 0 Å². The van der Waals surface area contributed by atoms with Gasteiger partial charge in [-0.3, -0.25) is 4.79 Å². The lowest BCUT2D eigenvalue weighted by molar-refractivity contribution is 0.102. The predicted molar refractivity (Wildman–Crippen MR) is 100 cm³/mol. The number of rotatable bonds is 6. The van der Waals surface area contributed by atoms with E-state index in [1.165, 1.54) is 5.56 Å². The first kappa shape index (κ1) is 18.3. The fourth-order valence-corrected chi connectivity index (χ4v) is 2.83. The predicted octanol–water partition coefficient (Wildman–Crippen LogP) is 5.12. The summed E-state index contributed by atoms with van der Waals surface area (Å²) in [6, 6.07) is 9.29. The molecule has 0 saturated carbocycles. The monoisotopic (exact) mass is 391 g/mol. The first-order valence-electron chi connectivity index (χ1n) is 7.94. The smallest absolute Gasteiger partial charge is 0.255 e. The zero-order chi connectivity index (χ0) is 17.7. The van der Waals surface area contributed by atoms with Gasteiger partial charge in [-0.25, -0.2) is 0 Å². The molecule has 0 spiro atoms. The Morgan fingerprint density at radius 1 is 1.04 bits per heavy atom. The Balaban J connectivity index is 2.29. The van der Waals surface area contributed by atoms with Crippen LogP contribution in [0.15, 0.2) is 34.8 Å². The second-order valence-corrected chi connectivity index (χ2v) is 6.26. The molecule has 1 N–H and O–H groups in total. The zero-order valence-electron chi connectivity index (χ0n) is 14.4. The summed E-state index contributed by atoms with van der Waals surface area (Å²) in [6.07, 6.45) is 0. The summed E-state index contributed by atoms with van der Waals surface area (Å²) in [4.78, 5) is 12.6. The molecule has 24 heavy (non-hydrogen) atoms. The number of benzene rings is 2. The van der Waals surface area contributed by atoms with Crippen LogP contribution in [0.25, 0.3) is 0 Å². The Bertz CT molecular complexity index is 744. The van der Waals surface area contributed by atoms with Gasteiger partial charge in [0, 0.05) is 11.3 Å². The highest BCUT2D eigenvalue weighted by Crippen LogP contribution is 2.37. The Hall–Kier alpha value is -2.01. The Labute approximate surface area is 151 Å². The topological polar surface area (TPSA) is 47.6 Å². The molecule has 0 aliphatic rings. The summed E-state index contributed by atoms with van der Waals surface area (Å²) in [5.41, 5.74) is 3.60. The van der Waals surface area contributed by atoms with Crippen LogP contribution < -0.4 is 14.8 Å². The molecular formula is C19H22BrNO3. The summed E-state index contributed by atoms with van der Waals surface area (Å²) < 4.78 is 11.9. The fourth-order valence-electron chi connectivity index (χ4n) is 2.27. The van der Waals surface area contributed by atoms with Crippen LogP contribution in [0.3, 0.4) is 0 Å². The number of aryl methyl sites for hydroxylation is 2. The first-order chi connectivity index (χ1) is 11.5. The van der Waals surface area contributed by atoms with Gasteiger partial charge in [-0.05, 0) is 79.0 Å². The molecule has 0 aromatic heterocycles. The second kappa shape index (κ2) is 8.20. The number of hydrogen-bond acceptors (Lipinski definition) is 3. The van der Waals surface area contributed by atoms with Gasteiger partial charge in [0.2, 0.25) is 0 Å². The largest absolute Gasteiger partial charge is 0.490 e. The van der Waals surface area contributed by atoms with Gasteiger partial charge in [0.05, 0.1) is 17.7 Å². The number of ether oxygens (including phenoxy) is 2. The highest BCUT2D eigenvalue weighted by atomic mass is 79.9. The maximum absolute atomic E-state index is 12.6. The molecule has 2 rings (SSSR count). The molecule has 0 atom stereocenters. The molecule has 2 aromatic carbocycles. The highest BCUT2D eigenvalue weighted by molar-refractivity contribution is 9.10. The number of halogens is 1. The molecule has 0 bridgehead atoms. The summed E-state index contributed by atoms with van der Waals surface area (Å²) in [6.45, 7) is 8.88. The lowest BCUT2D eigenvalue weighted by Gasteiger charge is -2.15. The van der Waals surface area contributed by atoms with Crippen molar-refractivity contribution in [3.63, 3.8) is 0 Å². The highest BCUT2D eigenvalue weighted by Gasteiger charge is 2.16. The Morgan fingerprint density at radius 3 is 2.38 bits per heavy atom. The van der Waals surface area contributed by atoms with Gasteiger partial charge in [0.25, 0.3) is 5.91 Å². The van der Waals surface area contributed by atoms with E-state index in [1.807, 2.05) is 45.9 Å². The molecule has 2 aromatic rings. The van der Waals surface area contributed by atoms with Crippen LogP contribution in [0.5, 0.6) is 11.5 Å². The molecule has 5 heteroatoms. The molecule has 128 valence electrons. The third-order valence-corrected chi connectivity index (χ3v) is 4.21. The van der Waals surface area contributed by atoms with Crippen molar-refractivity contribution in [3.05, 3.63) is 51.5 Å². The quantitative estimate of drug-likeness (QED) is 0.743. The zero-order valence-corrected chi connectivity index (χ0v) is 16.0. The molecule has 0 heterocycles. The Morgan fingerprint density at radius 2 is 1.75 bits per heavy atom. The van der Waals surface area contributed by atoms with Crippen LogP contribution in [-0.2, 0) is 0 Å². The second-order valence-electron chi connectivity index (χ2n) is 5.40. The number of amides is 1. The lowest BCUT2D eigenvalue weighted by Crippen LogP contribution is -2.13. The standard InChI is InChI=1S/C19H22BrNO3/c1-5-23-17-11-14(10-16(20)18(17)24-6-2)19(22)21-15-8-7-12(3)13(4)9-15/h7-11H,5-6H2,1-4H3,(H,21,22). The van der Waals surface area contributed by atoms with Gasteiger partial charge in [-0.1, -0.05) is 6.07 Å². The van der Waals surface area contributed by atoms with Crippen molar-refractivity contribution in [1.29, 1.82) is 0 Å². The van der Waals surface area contributed by atoms with Gasteiger partial charge < -0.3 is 14.8 Å². The van der Waals surface area contributed by atoms with Crippen molar-refractivity contribution < 1.29 is 14.3 Å². The maximum atomic E-state index is 12.6. The van der Waals surface area contributed by atoms with E-state index in [4.69, 9.17) is 9.47 Å². The number of nitrogens with one attached hydrogen (secondary N) is 1. The van der Waals surface area contributed by atoms with Crippen molar-refractivity contribution >= 4 is 27.5 Å². The SMILES string of the molecule is CCOc1cc(C(=O)Nc2ccc(C)c(C)c2)cc(Br)c1OCC. The van der Waals surface area contributed by atoms with Crippen molar-refractivity contribution in [2.45, 2.75) is 27.7 Å². The molecule has 0 fully saturated rings. The average molecular weight is 392 g/mol. The number of carbonyl (C=O) groups is 1. The summed E-state index contributed by atoms with van der Waals surface area (Å²) in [5, 5.41) is 2.92. The van der Waals surface area contributed by atoms with Crippen molar-refractivity contribution in [2.75, 3.05) is 18.5 Å². The third kappa shape index (κ3) is 4.29. The average Bonchev–Trinajstić information content (AvgIpc) is 2.54. The molecule has 0 aliphatic carbocycles. The molecule has 0 radical (unpaired) electrons. The first-order valence-corrected chi connectivity index (χ1v) is 8.73. The van der Waals surface area contributed by atoms with E-state index >= 15 is 0 Å². The van der Waals surface area contributed by atoms with Crippen LogP contribution in [0.1, 0.15) is 35.3 Å². The number of carbonyl (C=O) groups excluding carboxylic acids is 1. The van der Waals surface area contributed by atoms with Crippen LogP contribution >= 0.6 is 15.9 Å². The minimum atomic E-state index is -0.192. The molecule has 0 unspecified atom stereocenters. The van der Waals surface area contributed by atoms with Crippen molar-refractivity contribution in [1.82, 2.24) is 0 Å². The van der Waals surface area contributed by atoms with Crippen molar-refractivity contribution in [2.24, 2.45) is 0 Å². The van der Waals surface area contributed by atoms with Gasteiger partial charge in [-0.15, -0.1) is 0 Å². The summed E-state index contributed by atoms with van der Waals surface area (Å²) >= 11 is 3.46. The van der Waals surface area contributed by atoms with E-state index in [9.17, 15) is 4.79 Å². The van der Waals surface area contributed by atoms with E-state index in [-0.39, 0.29) is 5.91 Å². The molecular weight excluding hydrogens is 370 g/mol. The van der Waals surface area contributed by atoms with E-state index in [0.29, 0.717) is 34.7 Å². The molecule has 0 saturated heterocycles. The van der Waals surface area contributed by atoms with Gasteiger partial charge in [-0.2, -0.15) is 0 Å². The minimum absolute atomic E-state index is 0.192. The Kier molecular flexibility index (Phi) is 6.26. The third-order valence-electron chi connectivity index (χ3n) is 3.63.